The Morgan fingerprint density at radius 3 is 2.22 bits per heavy atom. The van der Waals surface area contributed by atoms with Gasteiger partial charge in [0.05, 0.1) is 13.2 Å². The zero-order chi connectivity index (χ0) is 16.7. The van der Waals surface area contributed by atoms with Crippen molar-refractivity contribution in [3.8, 4) is 5.75 Å². The summed E-state index contributed by atoms with van der Waals surface area (Å²) in [6.45, 7) is 11.8. The van der Waals surface area contributed by atoms with Gasteiger partial charge in [-0.2, -0.15) is 0 Å². The van der Waals surface area contributed by atoms with Crippen molar-refractivity contribution in [2.75, 3.05) is 64.4 Å². The van der Waals surface area contributed by atoms with E-state index in [1.165, 1.54) is 5.69 Å². The van der Waals surface area contributed by atoms with Gasteiger partial charge in [0.2, 0.25) is 0 Å². The molecule has 1 aromatic rings. The SMILES string of the molecule is CCN(CC)CC(O)CN1CCN(c2ccc(OC)cc2)CC1. The Kier molecular flexibility index (Phi) is 7.15. The van der Waals surface area contributed by atoms with Crippen LogP contribution < -0.4 is 9.64 Å². The molecule has 5 heteroatoms. The van der Waals surface area contributed by atoms with Crippen LogP contribution in [0.3, 0.4) is 0 Å². The van der Waals surface area contributed by atoms with E-state index < -0.39 is 0 Å². The zero-order valence-electron chi connectivity index (χ0n) is 14.7. The maximum atomic E-state index is 10.3. The highest BCUT2D eigenvalue weighted by atomic mass is 16.5. The Labute approximate surface area is 140 Å². The molecule has 1 atom stereocenters. The first kappa shape index (κ1) is 18.0. The number of likely N-dealkylation sites (N-methyl/N-ethyl adjacent to an activating group) is 1. The van der Waals surface area contributed by atoms with Gasteiger partial charge >= 0.3 is 0 Å². The molecule has 1 N–H and O–H groups in total. The van der Waals surface area contributed by atoms with Crippen LogP contribution in [-0.2, 0) is 0 Å². The number of ether oxygens (including phenoxy) is 1. The van der Waals surface area contributed by atoms with Gasteiger partial charge in [-0.15, -0.1) is 0 Å². The van der Waals surface area contributed by atoms with Crippen LogP contribution in [0, 0.1) is 0 Å². The second-order valence-electron chi connectivity index (χ2n) is 6.13. The predicted molar refractivity (Wildman–Crippen MR) is 95.4 cm³/mol. The predicted octanol–water partition coefficient (Wildman–Crippen LogP) is 1.52. The summed E-state index contributed by atoms with van der Waals surface area (Å²) in [5.74, 6) is 0.895. The molecule has 1 saturated heterocycles. The molecule has 1 aliphatic heterocycles. The topological polar surface area (TPSA) is 39.2 Å². The molecule has 1 unspecified atom stereocenters. The number of β-amino-alcohol motifs (C(OH)–C–C–N with tert-alkyl or cyclic N) is 1. The smallest absolute Gasteiger partial charge is 0.119 e. The van der Waals surface area contributed by atoms with E-state index in [2.05, 4.69) is 40.7 Å². The third-order valence-electron chi connectivity index (χ3n) is 4.64. The summed E-state index contributed by atoms with van der Waals surface area (Å²) in [7, 11) is 1.69. The fourth-order valence-corrected chi connectivity index (χ4v) is 3.12. The number of rotatable bonds is 8. The van der Waals surface area contributed by atoms with Crippen molar-refractivity contribution in [1.82, 2.24) is 9.80 Å². The molecule has 0 spiro atoms. The Balaban J connectivity index is 1.76. The minimum Gasteiger partial charge on any atom is -0.497 e. The molecule has 0 radical (unpaired) electrons. The molecule has 23 heavy (non-hydrogen) atoms. The number of anilines is 1. The summed E-state index contributed by atoms with van der Waals surface area (Å²) in [6, 6.07) is 8.25. The molecule has 1 aromatic carbocycles. The van der Waals surface area contributed by atoms with Crippen LogP contribution in [0.25, 0.3) is 0 Å². The van der Waals surface area contributed by atoms with Crippen LogP contribution in [0.4, 0.5) is 5.69 Å². The molecule has 5 nitrogen and oxygen atoms in total. The lowest BCUT2D eigenvalue weighted by Gasteiger charge is -2.37. The molecular weight excluding hydrogens is 290 g/mol. The summed E-state index contributed by atoms with van der Waals surface area (Å²) in [4.78, 5) is 7.04. The summed E-state index contributed by atoms with van der Waals surface area (Å²) < 4.78 is 5.21. The molecule has 1 fully saturated rings. The van der Waals surface area contributed by atoms with Gasteiger partial charge in [-0.3, -0.25) is 4.90 Å². The number of benzene rings is 1. The number of hydrogen-bond acceptors (Lipinski definition) is 5. The summed E-state index contributed by atoms with van der Waals surface area (Å²) in [6.07, 6.45) is -0.262. The van der Waals surface area contributed by atoms with Gasteiger partial charge < -0.3 is 19.6 Å². The maximum absolute atomic E-state index is 10.3. The van der Waals surface area contributed by atoms with E-state index in [4.69, 9.17) is 4.74 Å². The lowest BCUT2D eigenvalue weighted by molar-refractivity contribution is 0.0749. The number of hydrogen-bond donors (Lipinski definition) is 1. The third kappa shape index (κ3) is 5.37. The number of aliphatic hydroxyl groups is 1. The zero-order valence-corrected chi connectivity index (χ0v) is 14.7. The van der Waals surface area contributed by atoms with Crippen LogP contribution in [-0.4, -0.2) is 80.5 Å². The normalized spacial score (nSPS) is 17.5. The van der Waals surface area contributed by atoms with Crippen LogP contribution >= 0.6 is 0 Å². The van der Waals surface area contributed by atoms with Crippen molar-refractivity contribution in [3.05, 3.63) is 24.3 Å². The number of piperazine rings is 1. The number of methoxy groups -OCH3 is 1. The van der Waals surface area contributed by atoms with Crippen molar-refractivity contribution in [2.24, 2.45) is 0 Å². The lowest BCUT2D eigenvalue weighted by atomic mass is 10.2. The van der Waals surface area contributed by atoms with Crippen molar-refractivity contribution in [1.29, 1.82) is 0 Å². The average molecular weight is 321 g/mol. The molecule has 0 aliphatic carbocycles. The monoisotopic (exact) mass is 321 g/mol. The van der Waals surface area contributed by atoms with Crippen LogP contribution in [0.5, 0.6) is 5.75 Å². The van der Waals surface area contributed by atoms with Gasteiger partial charge in [0.15, 0.2) is 0 Å². The molecule has 2 rings (SSSR count). The van der Waals surface area contributed by atoms with E-state index in [1.54, 1.807) is 7.11 Å². The Bertz CT molecular complexity index is 440. The Morgan fingerprint density at radius 2 is 1.70 bits per heavy atom. The Hall–Kier alpha value is -1.30. The lowest BCUT2D eigenvalue weighted by Crippen LogP contribution is -2.50. The van der Waals surface area contributed by atoms with Gasteiger partial charge in [0.25, 0.3) is 0 Å². The van der Waals surface area contributed by atoms with E-state index in [-0.39, 0.29) is 6.10 Å². The fourth-order valence-electron chi connectivity index (χ4n) is 3.12. The first-order valence-corrected chi connectivity index (χ1v) is 8.68. The van der Waals surface area contributed by atoms with E-state index in [1.807, 2.05) is 12.1 Å². The number of aliphatic hydroxyl groups excluding tert-OH is 1. The molecule has 1 aliphatic rings. The highest BCUT2D eigenvalue weighted by Gasteiger charge is 2.20. The highest BCUT2D eigenvalue weighted by Crippen LogP contribution is 2.20. The van der Waals surface area contributed by atoms with Crippen LogP contribution in [0.1, 0.15) is 13.8 Å². The van der Waals surface area contributed by atoms with E-state index >= 15 is 0 Å². The van der Waals surface area contributed by atoms with Gasteiger partial charge in [0, 0.05) is 45.0 Å². The van der Waals surface area contributed by atoms with Crippen molar-refractivity contribution in [3.63, 3.8) is 0 Å². The molecule has 130 valence electrons. The van der Waals surface area contributed by atoms with Crippen molar-refractivity contribution in [2.45, 2.75) is 20.0 Å². The van der Waals surface area contributed by atoms with E-state index in [9.17, 15) is 5.11 Å². The van der Waals surface area contributed by atoms with Gasteiger partial charge in [0.1, 0.15) is 5.75 Å². The molecule has 0 saturated carbocycles. The summed E-state index contributed by atoms with van der Waals surface area (Å²) in [5, 5.41) is 10.3. The Morgan fingerprint density at radius 1 is 1.09 bits per heavy atom. The molecule has 0 aromatic heterocycles. The van der Waals surface area contributed by atoms with Crippen LogP contribution in [0.15, 0.2) is 24.3 Å². The van der Waals surface area contributed by atoms with Crippen LogP contribution in [0.2, 0.25) is 0 Å². The van der Waals surface area contributed by atoms with Gasteiger partial charge in [-0.05, 0) is 37.4 Å². The minimum atomic E-state index is -0.262. The second kappa shape index (κ2) is 9.11. The van der Waals surface area contributed by atoms with Gasteiger partial charge in [-0.25, -0.2) is 0 Å². The quantitative estimate of drug-likeness (QED) is 0.786. The number of nitrogens with zero attached hydrogens (tertiary/aromatic N) is 3. The third-order valence-corrected chi connectivity index (χ3v) is 4.64. The average Bonchev–Trinajstić information content (AvgIpc) is 2.60. The van der Waals surface area contributed by atoms with E-state index in [0.29, 0.717) is 0 Å². The van der Waals surface area contributed by atoms with Gasteiger partial charge in [-0.1, -0.05) is 13.8 Å². The molecule has 0 bridgehead atoms. The first-order valence-electron chi connectivity index (χ1n) is 8.68. The maximum Gasteiger partial charge on any atom is 0.119 e. The molecular formula is C18H31N3O2. The van der Waals surface area contributed by atoms with E-state index in [0.717, 1.165) is 58.1 Å². The first-order chi connectivity index (χ1) is 11.2. The van der Waals surface area contributed by atoms with Crippen molar-refractivity contribution >= 4 is 5.69 Å². The summed E-state index contributed by atoms with van der Waals surface area (Å²) in [5.41, 5.74) is 1.24. The highest BCUT2D eigenvalue weighted by molar-refractivity contribution is 5.49. The molecule has 1 heterocycles. The molecule has 0 amide bonds. The minimum absolute atomic E-state index is 0.262. The standard InChI is InChI=1S/C18H31N3O2/c1-4-19(5-2)14-17(22)15-20-10-12-21(13-11-20)16-6-8-18(23-3)9-7-16/h6-9,17,22H,4-5,10-15H2,1-3H3. The second-order valence-corrected chi connectivity index (χ2v) is 6.13. The largest absolute Gasteiger partial charge is 0.497 e. The summed E-state index contributed by atoms with van der Waals surface area (Å²) >= 11 is 0. The van der Waals surface area contributed by atoms with Crippen molar-refractivity contribution < 1.29 is 9.84 Å². The fraction of sp³-hybridized carbons (Fsp3) is 0.667.